The molecule has 1 aliphatic rings. The average molecular weight is 324 g/mol. The predicted molar refractivity (Wildman–Crippen MR) is 80.3 cm³/mol. The minimum atomic E-state index is -3.20. The third kappa shape index (κ3) is 2.84. The number of hydrogen-bond acceptors (Lipinski definition) is 5. The zero-order valence-electron chi connectivity index (χ0n) is 12.0. The monoisotopic (exact) mass is 324 g/mol. The number of H-pyrrole nitrogens is 1. The first-order chi connectivity index (χ1) is 10.3. The summed E-state index contributed by atoms with van der Waals surface area (Å²) in [6.07, 6.45) is 2.18. The van der Waals surface area contributed by atoms with Gasteiger partial charge in [0.1, 0.15) is 0 Å². The van der Waals surface area contributed by atoms with Gasteiger partial charge in [0.15, 0.2) is 11.4 Å². The van der Waals surface area contributed by atoms with Crippen molar-refractivity contribution in [3.8, 4) is 0 Å². The quantitative estimate of drug-likeness (QED) is 0.848. The van der Waals surface area contributed by atoms with Crippen molar-refractivity contribution in [1.29, 1.82) is 0 Å². The maximum absolute atomic E-state index is 12.5. The minimum Gasteiger partial charge on any atom is -0.408 e. The first kappa shape index (κ1) is 15.0. The van der Waals surface area contributed by atoms with E-state index < -0.39 is 15.8 Å². The number of aromatic nitrogens is 1. The van der Waals surface area contributed by atoms with Crippen LogP contribution in [0.3, 0.4) is 0 Å². The fraction of sp³-hybridized carbons (Fsp3) is 0.429. The molecule has 1 aromatic heterocycles. The number of carbonyl (C=O) groups excluding carboxylic acids is 1. The molecule has 0 aliphatic carbocycles. The molecule has 2 heterocycles. The van der Waals surface area contributed by atoms with Gasteiger partial charge in [-0.2, -0.15) is 0 Å². The summed E-state index contributed by atoms with van der Waals surface area (Å²) in [5.41, 5.74) is 1.38. The van der Waals surface area contributed by atoms with Gasteiger partial charge in [0.2, 0.25) is 10.0 Å². The van der Waals surface area contributed by atoms with E-state index in [0.29, 0.717) is 42.6 Å². The van der Waals surface area contributed by atoms with Crippen LogP contribution in [0.4, 0.5) is 0 Å². The van der Waals surface area contributed by atoms with Gasteiger partial charge in [-0.25, -0.2) is 17.5 Å². The number of nitrogens with one attached hydrogen (secondary N) is 1. The summed E-state index contributed by atoms with van der Waals surface area (Å²) in [4.78, 5) is 26.2. The Morgan fingerprint density at radius 2 is 2.00 bits per heavy atom. The molecule has 1 fully saturated rings. The lowest BCUT2D eigenvalue weighted by Crippen LogP contribution is -2.39. The molecule has 0 bridgehead atoms. The molecule has 2 aromatic rings. The Labute approximate surface area is 127 Å². The highest BCUT2D eigenvalue weighted by molar-refractivity contribution is 7.88. The number of Topliss-reactive ketones (excluding diaryl/α,β-unsaturated/α-hetero) is 1. The summed E-state index contributed by atoms with van der Waals surface area (Å²) in [6, 6.07) is 4.84. The van der Waals surface area contributed by atoms with E-state index in [1.54, 1.807) is 18.2 Å². The average Bonchev–Trinajstić information content (AvgIpc) is 2.84. The number of rotatable bonds is 3. The van der Waals surface area contributed by atoms with E-state index in [-0.39, 0.29) is 11.7 Å². The number of fused-ring (bicyclic) bond motifs is 1. The number of benzene rings is 1. The zero-order chi connectivity index (χ0) is 15.9. The van der Waals surface area contributed by atoms with Crippen LogP contribution in [-0.2, 0) is 10.0 Å². The number of sulfonamides is 1. The van der Waals surface area contributed by atoms with Crippen LogP contribution in [-0.4, -0.2) is 42.8 Å². The van der Waals surface area contributed by atoms with Crippen LogP contribution >= 0.6 is 0 Å². The Kier molecular flexibility index (Phi) is 3.65. The summed E-state index contributed by atoms with van der Waals surface area (Å²) < 4.78 is 29.3. The predicted octanol–water partition coefficient (Wildman–Crippen LogP) is 0.975. The molecule has 1 aromatic carbocycles. The van der Waals surface area contributed by atoms with Crippen molar-refractivity contribution >= 4 is 26.9 Å². The van der Waals surface area contributed by atoms with Crippen molar-refractivity contribution in [2.75, 3.05) is 19.3 Å². The molecule has 0 unspecified atom stereocenters. The van der Waals surface area contributed by atoms with Crippen molar-refractivity contribution in [2.45, 2.75) is 12.8 Å². The highest BCUT2D eigenvalue weighted by atomic mass is 32.2. The Morgan fingerprint density at radius 1 is 1.32 bits per heavy atom. The van der Waals surface area contributed by atoms with Gasteiger partial charge in [-0.3, -0.25) is 9.78 Å². The first-order valence-corrected chi connectivity index (χ1v) is 8.81. The first-order valence-electron chi connectivity index (χ1n) is 6.97. The fourth-order valence-electron chi connectivity index (χ4n) is 2.78. The lowest BCUT2D eigenvalue weighted by molar-refractivity contribution is 0.0875. The normalized spacial score (nSPS) is 17.9. The van der Waals surface area contributed by atoms with Crippen LogP contribution in [0.2, 0.25) is 0 Å². The molecular weight excluding hydrogens is 308 g/mol. The van der Waals surface area contributed by atoms with Gasteiger partial charge in [-0.15, -0.1) is 0 Å². The van der Waals surface area contributed by atoms with Crippen molar-refractivity contribution in [3.63, 3.8) is 0 Å². The maximum Gasteiger partial charge on any atom is 0.417 e. The van der Waals surface area contributed by atoms with Crippen LogP contribution < -0.4 is 5.76 Å². The summed E-state index contributed by atoms with van der Waals surface area (Å²) in [7, 11) is -3.20. The van der Waals surface area contributed by atoms with Gasteiger partial charge in [-0.05, 0) is 31.0 Å². The van der Waals surface area contributed by atoms with Gasteiger partial charge in [0, 0.05) is 24.6 Å². The maximum atomic E-state index is 12.5. The van der Waals surface area contributed by atoms with Crippen molar-refractivity contribution in [2.24, 2.45) is 5.92 Å². The SMILES string of the molecule is CS(=O)(=O)N1CCC(C(=O)c2ccc3[nH]c(=O)oc3c2)CC1. The molecule has 22 heavy (non-hydrogen) atoms. The highest BCUT2D eigenvalue weighted by Gasteiger charge is 2.29. The van der Waals surface area contributed by atoms with E-state index in [9.17, 15) is 18.0 Å². The lowest BCUT2D eigenvalue weighted by Gasteiger charge is -2.29. The van der Waals surface area contributed by atoms with Crippen molar-refractivity contribution in [3.05, 3.63) is 34.3 Å². The molecule has 1 saturated heterocycles. The molecule has 7 nitrogen and oxygen atoms in total. The van der Waals surface area contributed by atoms with E-state index in [1.807, 2.05) is 0 Å². The third-order valence-corrected chi connectivity index (χ3v) is 5.30. The molecule has 118 valence electrons. The lowest BCUT2D eigenvalue weighted by atomic mass is 9.89. The second-order valence-corrected chi connectivity index (χ2v) is 7.51. The van der Waals surface area contributed by atoms with Gasteiger partial charge in [0.25, 0.3) is 0 Å². The van der Waals surface area contributed by atoms with Crippen molar-refractivity contribution in [1.82, 2.24) is 9.29 Å². The molecule has 0 radical (unpaired) electrons. The number of piperidine rings is 1. The molecular formula is C14H16N2O5S. The number of carbonyl (C=O) groups is 1. The Balaban J connectivity index is 1.77. The summed E-state index contributed by atoms with van der Waals surface area (Å²) >= 11 is 0. The molecule has 0 spiro atoms. The van der Waals surface area contributed by atoms with Crippen LogP contribution in [0.25, 0.3) is 11.1 Å². The van der Waals surface area contributed by atoms with Gasteiger partial charge in [-0.1, -0.05) is 0 Å². The Bertz CT molecular complexity index is 872. The molecule has 0 amide bonds. The largest absolute Gasteiger partial charge is 0.417 e. The molecule has 1 aliphatic heterocycles. The number of ketones is 1. The van der Waals surface area contributed by atoms with Crippen LogP contribution in [0.1, 0.15) is 23.2 Å². The van der Waals surface area contributed by atoms with Gasteiger partial charge < -0.3 is 4.42 Å². The van der Waals surface area contributed by atoms with E-state index >= 15 is 0 Å². The van der Waals surface area contributed by atoms with E-state index in [4.69, 9.17) is 4.42 Å². The zero-order valence-corrected chi connectivity index (χ0v) is 12.9. The van der Waals surface area contributed by atoms with Crippen molar-refractivity contribution < 1.29 is 17.6 Å². The smallest absolute Gasteiger partial charge is 0.408 e. The fourth-order valence-corrected chi connectivity index (χ4v) is 3.66. The number of nitrogens with zero attached hydrogens (tertiary/aromatic N) is 1. The van der Waals surface area contributed by atoms with Gasteiger partial charge >= 0.3 is 5.76 Å². The molecule has 1 N–H and O–H groups in total. The molecule has 3 rings (SSSR count). The van der Waals surface area contributed by atoms with Gasteiger partial charge in [0.05, 0.1) is 11.8 Å². The van der Waals surface area contributed by atoms with E-state index in [2.05, 4.69) is 4.98 Å². The number of hydrogen-bond donors (Lipinski definition) is 1. The van der Waals surface area contributed by atoms with Crippen LogP contribution in [0.15, 0.2) is 27.4 Å². The molecule has 0 saturated carbocycles. The second-order valence-electron chi connectivity index (χ2n) is 5.53. The minimum absolute atomic E-state index is 0.0427. The van der Waals surface area contributed by atoms with Crippen LogP contribution in [0, 0.1) is 5.92 Å². The van der Waals surface area contributed by atoms with Crippen LogP contribution in [0.5, 0.6) is 0 Å². The standard InChI is InChI=1S/C14H16N2O5S/c1-22(19,20)16-6-4-9(5-7-16)13(17)10-2-3-11-12(8-10)21-14(18)15-11/h2-3,8-9H,4-7H2,1H3,(H,15,18). The summed E-state index contributed by atoms with van der Waals surface area (Å²) in [5.74, 6) is -0.805. The van der Waals surface area contributed by atoms with E-state index in [0.717, 1.165) is 0 Å². The summed E-state index contributed by atoms with van der Waals surface area (Å²) in [5, 5.41) is 0. The number of oxazole rings is 1. The molecule has 0 atom stereocenters. The Hall–Kier alpha value is -1.93. The summed E-state index contributed by atoms with van der Waals surface area (Å²) in [6.45, 7) is 0.716. The topological polar surface area (TPSA) is 100 Å². The van der Waals surface area contributed by atoms with E-state index in [1.165, 1.54) is 10.6 Å². The Morgan fingerprint density at radius 3 is 2.64 bits per heavy atom. The second kappa shape index (κ2) is 5.36. The molecule has 8 heteroatoms. The highest BCUT2D eigenvalue weighted by Crippen LogP contribution is 2.24. The third-order valence-electron chi connectivity index (χ3n) is 4.00. The number of aromatic amines is 1.